The third-order valence-corrected chi connectivity index (χ3v) is 5.24. The number of benzene rings is 1. The minimum absolute atomic E-state index is 0.371. The number of hydrogen-bond donors (Lipinski definition) is 1. The monoisotopic (exact) mass is 331 g/mol. The van der Waals surface area contributed by atoms with E-state index in [1.54, 1.807) is 6.07 Å². The van der Waals surface area contributed by atoms with Crippen molar-refractivity contribution in [3.8, 4) is 11.3 Å². The predicted molar refractivity (Wildman–Crippen MR) is 93.1 cm³/mol. The van der Waals surface area contributed by atoms with Gasteiger partial charge in [0.1, 0.15) is 0 Å². The van der Waals surface area contributed by atoms with Gasteiger partial charge in [-0.2, -0.15) is 0 Å². The molecule has 1 saturated carbocycles. The first kappa shape index (κ1) is 16.1. The van der Waals surface area contributed by atoms with Crippen LogP contribution < -0.4 is 0 Å². The summed E-state index contributed by atoms with van der Waals surface area (Å²) in [5.41, 5.74) is 3.00. The van der Waals surface area contributed by atoms with Gasteiger partial charge in [0.15, 0.2) is 0 Å². The summed E-state index contributed by atoms with van der Waals surface area (Å²) in [4.78, 5) is 11.5. The van der Waals surface area contributed by atoms with Crippen molar-refractivity contribution < 1.29 is 9.90 Å². The van der Waals surface area contributed by atoms with Crippen LogP contribution in [0.15, 0.2) is 30.3 Å². The van der Waals surface area contributed by atoms with Crippen molar-refractivity contribution in [2.45, 2.75) is 45.6 Å². The first-order valence-electron chi connectivity index (χ1n) is 8.26. The molecule has 4 heteroatoms. The van der Waals surface area contributed by atoms with Gasteiger partial charge in [0, 0.05) is 22.8 Å². The van der Waals surface area contributed by atoms with Crippen LogP contribution in [0.25, 0.3) is 11.3 Å². The Morgan fingerprint density at radius 3 is 2.61 bits per heavy atom. The molecule has 122 valence electrons. The second-order valence-corrected chi connectivity index (χ2v) is 6.84. The fourth-order valence-electron chi connectivity index (χ4n) is 3.62. The van der Waals surface area contributed by atoms with Crippen LogP contribution in [0, 0.1) is 12.8 Å². The van der Waals surface area contributed by atoms with Crippen molar-refractivity contribution in [2.75, 3.05) is 0 Å². The third-order valence-electron chi connectivity index (χ3n) is 4.91. The highest BCUT2D eigenvalue weighted by Crippen LogP contribution is 2.34. The van der Waals surface area contributed by atoms with Crippen LogP contribution in [0.5, 0.6) is 0 Å². The van der Waals surface area contributed by atoms with Gasteiger partial charge in [0.05, 0.1) is 11.3 Å². The molecule has 1 heterocycles. The molecule has 2 aromatic rings. The van der Waals surface area contributed by atoms with Crippen molar-refractivity contribution in [1.82, 2.24) is 4.57 Å². The second kappa shape index (κ2) is 6.79. The van der Waals surface area contributed by atoms with Crippen molar-refractivity contribution >= 4 is 17.6 Å². The Bertz CT molecular complexity index is 714. The lowest BCUT2D eigenvalue weighted by atomic mass is 9.89. The molecule has 3 nitrogen and oxygen atoms in total. The van der Waals surface area contributed by atoms with Crippen LogP contribution in [0.2, 0.25) is 5.02 Å². The molecule has 1 aromatic carbocycles. The molecule has 0 radical (unpaired) electrons. The topological polar surface area (TPSA) is 42.2 Å². The lowest BCUT2D eigenvalue weighted by Gasteiger charge is -2.24. The van der Waals surface area contributed by atoms with Gasteiger partial charge in [0.25, 0.3) is 0 Å². The number of nitrogens with zero attached hydrogens (tertiary/aromatic N) is 1. The maximum Gasteiger partial charge on any atom is 0.337 e. The molecular weight excluding hydrogens is 310 g/mol. The lowest BCUT2D eigenvalue weighted by Crippen LogP contribution is -2.16. The Balaban J connectivity index is 2.05. The summed E-state index contributed by atoms with van der Waals surface area (Å²) in [5.74, 6) is -0.254. The molecule has 1 fully saturated rings. The van der Waals surface area contributed by atoms with Gasteiger partial charge >= 0.3 is 5.97 Å². The molecular formula is C19H22ClNO2. The fourth-order valence-corrected chi connectivity index (χ4v) is 3.85. The third kappa shape index (κ3) is 3.30. The van der Waals surface area contributed by atoms with E-state index in [0.717, 1.165) is 23.5 Å². The maximum atomic E-state index is 11.5. The average molecular weight is 332 g/mol. The van der Waals surface area contributed by atoms with Crippen LogP contribution in [-0.4, -0.2) is 15.6 Å². The maximum absolute atomic E-state index is 11.5. The number of carbonyl (C=O) groups is 1. The molecule has 0 bridgehead atoms. The van der Waals surface area contributed by atoms with Crippen molar-refractivity contribution in [2.24, 2.45) is 5.92 Å². The Labute approximate surface area is 141 Å². The zero-order chi connectivity index (χ0) is 16.4. The molecule has 0 amide bonds. The average Bonchev–Trinajstić information content (AvgIpc) is 2.86. The van der Waals surface area contributed by atoms with E-state index >= 15 is 0 Å². The Hall–Kier alpha value is -1.74. The van der Waals surface area contributed by atoms with E-state index < -0.39 is 5.97 Å². The molecule has 0 aliphatic heterocycles. The van der Waals surface area contributed by atoms with Crippen molar-refractivity contribution in [1.29, 1.82) is 0 Å². The van der Waals surface area contributed by atoms with Crippen molar-refractivity contribution in [3.05, 3.63) is 46.6 Å². The second-order valence-electron chi connectivity index (χ2n) is 6.43. The van der Waals surface area contributed by atoms with Gasteiger partial charge in [-0.3, -0.25) is 0 Å². The number of carboxylic acid groups (broad SMARTS) is 1. The van der Waals surface area contributed by atoms with Gasteiger partial charge in [-0.15, -0.1) is 0 Å². The smallest absolute Gasteiger partial charge is 0.337 e. The summed E-state index contributed by atoms with van der Waals surface area (Å²) in [6, 6.07) is 9.41. The van der Waals surface area contributed by atoms with E-state index in [2.05, 4.69) is 4.57 Å². The van der Waals surface area contributed by atoms with Gasteiger partial charge in [-0.1, -0.05) is 49.1 Å². The molecule has 0 saturated heterocycles. The van der Waals surface area contributed by atoms with E-state index in [4.69, 9.17) is 11.6 Å². The highest BCUT2D eigenvalue weighted by Gasteiger charge is 2.22. The highest BCUT2D eigenvalue weighted by molar-refractivity contribution is 6.33. The van der Waals surface area contributed by atoms with Gasteiger partial charge < -0.3 is 9.67 Å². The number of carboxylic acids is 1. The fraction of sp³-hybridized carbons (Fsp3) is 0.421. The molecule has 1 N–H and O–H groups in total. The van der Waals surface area contributed by atoms with Crippen LogP contribution >= 0.6 is 11.6 Å². The van der Waals surface area contributed by atoms with E-state index in [0.29, 0.717) is 16.5 Å². The van der Waals surface area contributed by atoms with E-state index in [1.807, 2.05) is 31.2 Å². The first-order chi connectivity index (χ1) is 11.1. The molecule has 1 aliphatic carbocycles. The number of hydrogen-bond acceptors (Lipinski definition) is 1. The molecule has 3 rings (SSSR count). The summed E-state index contributed by atoms with van der Waals surface area (Å²) >= 11 is 6.35. The van der Waals surface area contributed by atoms with Crippen LogP contribution in [0.3, 0.4) is 0 Å². The first-order valence-corrected chi connectivity index (χ1v) is 8.64. The number of halogens is 1. The largest absolute Gasteiger partial charge is 0.478 e. The summed E-state index contributed by atoms with van der Waals surface area (Å²) < 4.78 is 2.15. The minimum Gasteiger partial charge on any atom is -0.478 e. The zero-order valence-corrected chi connectivity index (χ0v) is 14.1. The lowest BCUT2D eigenvalue weighted by molar-refractivity contribution is 0.0696. The summed E-state index contributed by atoms with van der Waals surface area (Å²) in [6.07, 6.45) is 6.32. The Morgan fingerprint density at radius 2 is 1.96 bits per heavy atom. The Kier molecular flexibility index (Phi) is 4.76. The van der Waals surface area contributed by atoms with Crippen LogP contribution in [-0.2, 0) is 6.54 Å². The highest BCUT2D eigenvalue weighted by atomic mass is 35.5. The number of aromatic nitrogens is 1. The molecule has 1 aromatic heterocycles. The Morgan fingerprint density at radius 1 is 1.26 bits per heavy atom. The standard InChI is InChI=1S/C19H22ClNO2/c1-13-16(19(22)23)11-18(15-9-5-6-10-17(15)20)21(13)12-14-7-3-2-4-8-14/h5-6,9-11,14H,2-4,7-8,12H2,1H3,(H,22,23). The van der Waals surface area contributed by atoms with Crippen LogP contribution in [0.1, 0.15) is 48.2 Å². The predicted octanol–water partition coefficient (Wildman–Crippen LogP) is 5.40. The summed E-state index contributed by atoms with van der Waals surface area (Å²) in [5, 5.41) is 10.1. The molecule has 0 atom stereocenters. The van der Waals surface area contributed by atoms with Gasteiger partial charge in [-0.05, 0) is 37.8 Å². The zero-order valence-electron chi connectivity index (χ0n) is 13.4. The number of rotatable bonds is 4. The normalized spacial score (nSPS) is 15.7. The van der Waals surface area contributed by atoms with E-state index in [9.17, 15) is 9.90 Å². The van der Waals surface area contributed by atoms with Crippen molar-refractivity contribution in [3.63, 3.8) is 0 Å². The van der Waals surface area contributed by atoms with E-state index in [-0.39, 0.29) is 0 Å². The quantitative estimate of drug-likeness (QED) is 0.815. The van der Waals surface area contributed by atoms with Gasteiger partial charge in [0.2, 0.25) is 0 Å². The molecule has 1 aliphatic rings. The summed E-state index contributed by atoms with van der Waals surface area (Å²) in [6.45, 7) is 2.77. The molecule has 0 spiro atoms. The number of aromatic carboxylic acids is 1. The SMILES string of the molecule is Cc1c(C(=O)O)cc(-c2ccccc2Cl)n1CC1CCCCC1. The minimum atomic E-state index is -0.877. The summed E-state index contributed by atoms with van der Waals surface area (Å²) in [7, 11) is 0. The molecule has 0 unspecified atom stereocenters. The van der Waals surface area contributed by atoms with Gasteiger partial charge in [-0.25, -0.2) is 4.79 Å². The van der Waals surface area contributed by atoms with E-state index in [1.165, 1.54) is 32.1 Å². The van der Waals surface area contributed by atoms with Crippen LogP contribution in [0.4, 0.5) is 0 Å². The molecule has 23 heavy (non-hydrogen) atoms.